The minimum absolute atomic E-state index is 0.0568. The summed E-state index contributed by atoms with van der Waals surface area (Å²) in [6.45, 7) is 9.59. The van der Waals surface area contributed by atoms with Crippen molar-refractivity contribution in [1.82, 2.24) is 4.90 Å². The molecule has 0 aromatic rings. The third-order valence-corrected chi connectivity index (χ3v) is 3.74. The quantitative estimate of drug-likeness (QED) is 0.729. The number of hydrogen-bond acceptors (Lipinski definition) is 4. The van der Waals surface area contributed by atoms with Crippen molar-refractivity contribution in [2.75, 3.05) is 32.8 Å². The molecule has 4 nitrogen and oxygen atoms in total. The summed E-state index contributed by atoms with van der Waals surface area (Å²) in [5.41, 5.74) is -0.0568. The Kier molecular flexibility index (Phi) is 5.86. The fourth-order valence-corrected chi connectivity index (χ4v) is 2.16. The van der Waals surface area contributed by atoms with Crippen LogP contribution in [-0.4, -0.2) is 60.2 Å². The van der Waals surface area contributed by atoms with Crippen LogP contribution in [-0.2, 0) is 4.74 Å². The van der Waals surface area contributed by atoms with Gasteiger partial charge < -0.3 is 19.8 Å². The minimum Gasteiger partial charge on any atom is -0.394 e. The van der Waals surface area contributed by atoms with Crippen LogP contribution >= 0.6 is 0 Å². The average Bonchev–Trinajstić information content (AvgIpc) is 2.27. The van der Waals surface area contributed by atoms with Gasteiger partial charge in [-0.2, -0.15) is 0 Å². The molecule has 1 heterocycles. The Hall–Kier alpha value is -0.160. The zero-order valence-electron chi connectivity index (χ0n) is 11.4. The molecule has 0 radical (unpaired) electrons. The van der Waals surface area contributed by atoms with E-state index in [-0.39, 0.29) is 18.1 Å². The molecule has 1 atom stereocenters. The second-order valence-corrected chi connectivity index (χ2v) is 5.73. The van der Waals surface area contributed by atoms with Gasteiger partial charge in [0.25, 0.3) is 0 Å². The first-order chi connectivity index (χ1) is 7.95. The summed E-state index contributed by atoms with van der Waals surface area (Å²) in [5, 5.41) is 18.4. The van der Waals surface area contributed by atoms with Crippen molar-refractivity contribution < 1.29 is 14.9 Å². The van der Waals surface area contributed by atoms with Gasteiger partial charge in [-0.25, -0.2) is 0 Å². The molecule has 1 aliphatic rings. The van der Waals surface area contributed by atoms with Crippen molar-refractivity contribution in [1.29, 1.82) is 0 Å². The number of likely N-dealkylation sites (tertiary alicyclic amines) is 1. The number of nitrogens with zero attached hydrogens (tertiary/aromatic N) is 1. The SMILES string of the molecule is CC(O)C(C)(C)CN1CCC(OCCO)CC1. The van der Waals surface area contributed by atoms with Crippen molar-refractivity contribution in [2.24, 2.45) is 5.41 Å². The molecule has 0 aromatic heterocycles. The maximum absolute atomic E-state index is 9.70. The van der Waals surface area contributed by atoms with E-state index in [9.17, 15) is 5.11 Å². The highest BCUT2D eigenvalue weighted by molar-refractivity contribution is 4.81. The first-order valence-electron chi connectivity index (χ1n) is 6.58. The topological polar surface area (TPSA) is 52.9 Å². The number of hydrogen-bond donors (Lipinski definition) is 2. The molecule has 2 N–H and O–H groups in total. The fourth-order valence-electron chi connectivity index (χ4n) is 2.16. The molecular formula is C13H27NO3. The second kappa shape index (κ2) is 6.69. The molecular weight excluding hydrogens is 218 g/mol. The first kappa shape index (κ1) is 14.9. The van der Waals surface area contributed by atoms with Crippen LogP contribution < -0.4 is 0 Å². The molecule has 0 aliphatic carbocycles. The van der Waals surface area contributed by atoms with E-state index < -0.39 is 0 Å². The number of ether oxygens (including phenoxy) is 1. The van der Waals surface area contributed by atoms with E-state index in [1.165, 1.54) is 0 Å². The van der Waals surface area contributed by atoms with Crippen LogP contribution in [0.5, 0.6) is 0 Å². The van der Waals surface area contributed by atoms with E-state index in [0.29, 0.717) is 12.7 Å². The van der Waals surface area contributed by atoms with E-state index in [1.54, 1.807) is 0 Å². The number of aliphatic hydroxyl groups is 2. The predicted molar refractivity (Wildman–Crippen MR) is 68.0 cm³/mol. The molecule has 0 saturated carbocycles. The Balaban J connectivity index is 2.27. The lowest BCUT2D eigenvalue weighted by Crippen LogP contribution is -2.45. The normalized spacial score (nSPS) is 21.7. The molecule has 4 heteroatoms. The zero-order chi connectivity index (χ0) is 12.9. The van der Waals surface area contributed by atoms with E-state index in [1.807, 2.05) is 6.92 Å². The van der Waals surface area contributed by atoms with Gasteiger partial charge in [-0.05, 0) is 19.8 Å². The highest BCUT2D eigenvalue weighted by atomic mass is 16.5. The zero-order valence-corrected chi connectivity index (χ0v) is 11.4. The summed E-state index contributed by atoms with van der Waals surface area (Å²) in [6.07, 6.45) is 2.06. The number of piperidine rings is 1. The summed E-state index contributed by atoms with van der Waals surface area (Å²) < 4.78 is 5.53. The third-order valence-electron chi connectivity index (χ3n) is 3.74. The second-order valence-electron chi connectivity index (χ2n) is 5.73. The smallest absolute Gasteiger partial charge is 0.0701 e. The monoisotopic (exact) mass is 245 g/mol. The van der Waals surface area contributed by atoms with Gasteiger partial charge in [-0.15, -0.1) is 0 Å². The van der Waals surface area contributed by atoms with Crippen LogP contribution in [0.15, 0.2) is 0 Å². The molecule has 0 amide bonds. The summed E-state index contributed by atoms with van der Waals surface area (Å²) >= 11 is 0. The van der Waals surface area contributed by atoms with E-state index in [4.69, 9.17) is 9.84 Å². The molecule has 0 aromatic carbocycles. The van der Waals surface area contributed by atoms with Crippen molar-refractivity contribution in [2.45, 2.75) is 45.8 Å². The maximum Gasteiger partial charge on any atom is 0.0701 e. The lowest BCUT2D eigenvalue weighted by molar-refractivity contribution is -0.0243. The van der Waals surface area contributed by atoms with Crippen molar-refractivity contribution in [3.63, 3.8) is 0 Å². The average molecular weight is 245 g/mol. The Labute approximate surface area is 105 Å². The van der Waals surface area contributed by atoms with Gasteiger partial charge in [0.15, 0.2) is 0 Å². The van der Waals surface area contributed by atoms with Gasteiger partial charge in [0.2, 0.25) is 0 Å². The Bertz CT molecular complexity index is 211. The van der Waals surface area contributed by atoms with Crippen molar-refractivity contribution >= 4 is 0 Å². The third kappa shape index (κ3) is 4.92. The Morgan fingerprint density at radius 1 is 1.35 bits per heavy atom. The van der Waals surface area contributed by atoms with E-state index in [2.05, 4.69) is 18.7 Å². The van der Waals surface area contributed by atoms with E-state index in [0.717, 1.165) is 32.5 Å². The maximum atomic E-state index is 9.70. The molecule has 102 valence electrons. The molecule has 0 spiro atoms. The fraction of sp³-hybridized carbons (Fsp3) is 1.00. The number of rotatable bonds is 6. The van der Waals surface area contributed by atoms with Gasteiger partial charge in [-0.1, -0.05) is 13.8 Å². The molecule has 1 rings (SSSR count). The van der Waals surface area contributed by atoms with E-state index >= 15 is 0 Å². The first-order valence-corrected chi connectivity index (χ1v) is 6.58. The van der Waals surface area contributed by atoms with Crippen LogP contribution in [0.4, 0.5) is 0 Å². The molecule has 1 unspecified atom stereocenters. The highest BCUT2D eigenvalue weighted by Crippen LogP contribution is 2.24. The molecule has 1 aliphatic heterocycles. The van der Waals surface area contributed by atoms with Gasteiger partial charge in [0.05, 0.1) is 25.4 Å². The van der Waals surface area contributed by atoms with Crippen LogP contribution in [0, 0.1) is 5.41 Å². The number of aliphatic hydroxyl groups excluding tert-OH is 2. The van der Waals surface area contributed by atoms with Crippen LogP contribution in [0.2, 0.25) is 0 Å². The van der Waals surface area contributed by atoms with Gasteiger partial charge in [0.1, 0.15) is 0 Å². The van der Waals surface area contributed by atoms with Crippen molar-refractivity contribution in [3.05, 3.63) is 0 Å². The minimum atomic E-state index is -0.286. The largest absolute Gasteiger partial charge is 0.394 e. The summed E-state index contributed by atoms with van der Waals surface area (Å²) in [6, 6.07) is 0. The molecule has 1 saturated heterocycles. The highest BCUT2D eigenvalue weighted by Gasteiger charge is 2.29. The molecule has 17 heavy (non-hydrogen) atoms. The van der Waals surface area contributed by atoms with Crippen LogP contribution in [0.1, 0.15) is 33.6 Å². The van der Waals surface area contributed by atoms with Crippen LogP contribution in [0.25, 0.3) is 0 Å². The van der Waals surface area contributed by atoms with Gasteiger partial charge in [0, 0.05) is 25.0 Å². The lowest BCUT2D eigenvalue weighted by Gasteiger charge is -2.38. The molecule has 0 bridgehead atoms. The summed E-state index contributed by atoms with van der Waals surface area (Å²) in [5.74, 6) is 0. The molecule has 1 fully saturated rings. The van der Waals surface area contributed by atoms with Crippen LogP contribution in [0.3, 0.4) is 0 Å². The van der Waals surface area contributed by atoms with Gasteiger partial charge in [-0.3, -0.25) is 0 Å². The summed E-state index contributed by atoms with van der Waals surface area (Å²) in [7, 11) is 0. The van der Waals surface area contributed by atoms with Crippen molar-refractivity contribution in [3.8, 4) is 0 Å². The Morgan fingerprint density at radius 2 is 1.94 bits per heavy atom. The summed E-state index contributed by atoms with van der Waals surface area (Å²) in [4.78, 5) is 2.39. The predicted octanol–water partition coefficient (Wildman–Crippen LogP) is 0.867. The van der Waals surface area contributed by atoms with Gasteiger partial charge >= 0.3 is 0 Å². The Morgan fingerprint density at radius 3 is 2.41 bits per heavy atom. The lowest BCUT2D eigenvalue weighted by atomic mass is 9.86. The standard InChI is InChI=1S/C13H27NO3/c1-11(16)13(2,3)10-14-6-4-12(5-7-14)17-9-8-15/h11-12,15-16H,4-10H2,1-3H3.